The van der Waals surface area contributed by atoms with Crippen LogP contribution in [0, 0.1) is 5.41 Å². The molecule has 0 aromatic rings. The van der Waals surface area contributed by atoms with E-state index in [9.17, 15) is 4.79 Å². The predicted molar refractivity (Wildman–Crippen MR) is 71.2 cm³/mol. The highest BCUT2D eigenvalue weighted by Gasteiger charge is 2.41. The minimum atomic E-state index is 0.174. The minimum absolute atomic E-state index is 0.174. The van der Waals surface area contributed by atoms with E-state index < -0.39 is 0 Å². The molecule has 0 bridgehead atoms. The first kappa shape index (κ1) is 13.8. The molecule has 1 amide bonds. The first-order chi connectivity index (χ1) is 8.74. The first-order valence-corrected chi connectivity index (χ1v) is 7.32. The molecule has 0 aromatic heterocycles. The Morgan fingerprint density at radius 1 is 1.39 bits per heavy atom. The summed E-state index contributed by atoms with van der Waals surface area (Å²) in [6, 6.07) is 0. The van der Waals surface area contributed by atoms with Gasteiger partial charge in [-0.05, 0) is 56.9 Å². The number of hydrogen-bond donors (Lipinski definition) is 2. The highest BCUT2D eigenvalue weighted by atomic mass is 16.5. The lowest BCUT2D eigenvalue weighted by Gasteiger charge is -2.22. The highest BCUT2D eigenvalue weighted by Crippen LogP contribution is 2.47. The van der Waals surface area contributed by atoms with Gasteiger partial charge in [0.25, 0.3) is 0 Å². The Kier molecular flexibility index (Phi) is 5.01. The standard InChI is InChI=1S/C14H26N2O2/c15-9-8-14(6-7-14)11-16-13(17)5-4-12-3-1-2-10-18-12/h12H,1-11,15H2,(H,16,17). The van der Waals surface area contributed by atoms with Crippen molar-refractivity contribution in [1.29, 1.82) is 0 Å². The highest BCUT2D eigenvalue weighted by molar-refractivity contribution is 5.75. The van der Waals surface area contributed by atoms with Crippen LogP contribution in [0.25, 0.3) is 0 Å². The molecule has 4 heteroatoms. The SMILES string of the molecule is NCCC1(CNC(=O)CCC2CCCCO2)CC1. The third kappa shape index (κ3) is 4.25. The summed E-state index contributed by atoms with van der Waals surface area (Å²) in [6.45, 7) is 2.41. The Morgan fingerprint density at radius 3 is 2.83 bits per heavy atom. The summed E-state index contributed by atoms with van der Waals surface area (Å²) in [6.07, 6.45) is 8.79. The average Bonchev–Trinajstić information content (AvgIpc) is 3.16. The van der Waals surface area contributed by atoms with E-state index in [2.05, 4.69) is 5.32 Å². The van der Waals surface area contributed by atoms with Crippen LogP contribution in [0.2, 0.25) is 0 Å². The minimum Gasteiger partial charge on any atom is -0.378 e. The molecule has 1 aliphatic heterocycles. The Labute approximate surface area is 110 Å². The van der Waals surface area contributed by atoms with Crippen molar-refractivity contribution in [3.8, 4) is 0 Å². The van der Waals surface area contributed by atoms with E-state index in [0.29, 0.717) is 17.9 Å². The lowest BCUT2D eigenvalue weighted by Crippen LogP contribution is -2.32. The van der Waals surface area contributed by atoms with Crippen LogP contribution in [0.1, 0.15) is 51.4 Å². The van der Waals surface area contributed by atoms with E-state index in [1.807, 2.05) is 0 Å². The zero-order valence-electron chi connectivity index (χ0n) is 11.2. The maximum Gasteiger partial charge on any atom is 0.220 e. The molecule has 1 heterocycles. The van der Waals surface area contributed by atoms with Crippen molar-refractivity contribution in [2.24, 2.45) is 11.1 Å². The molecule has 0 radical (unpaired) electrons. The van der Waals surface area contributed by atoms with Crippen molar-refractivity contribution in [1.82, 2.24) is 5.32 Å². The van der Waals surface area contributed by atoms with E-state index >= 15 is 0 Å². The molecule has 0 aromatic carbocycles. The number of nitrogens with two attached hydrogens (primary N) is 1. The quantitative estimate of drug-likeness (QED) is 0.725. The summed E-state index contributed by atoms with van der Waals surface area (Å²) in [7, 11) is 0. The third-order valence-electron chi connectivity index (χ3n) is 4.26. The van der Waals surface area contributed by atoms with Gasteiger partial charge in [-0.1, -0.05) is 0 Å². The molecule has 3 N–H and O–H groups in total. The molecule has 0 spiro atoms. The Bertz CT molecular complexity index is 271. The van der Waals surface area contributed by atoms with E-state index in [0.717, 1.165) is 39.0 Å². The fourth-order valence-electron chi connectivity index (χ4n) is 2.70. The van der Waals surface area contributed by atoms with E-state index in [-0.39, 0.29) is 5.91 Å². The smallest absolute Gasteiger partial charge is 0.220 e. The monoisotopic (exact) mass is 254 g/mol. The zero-order chi connectivity index (χ0) is 12.8. The summed E-state index contributed by atoms with van der Waals surface area (Å²) >= 11 is 0. The molecule has 2 fully saturated rings. The second kappa shape index (κ2) is 6.53. The van der Waals surface area contributed by atoms with Crippen LogP contribution in [0.15, 0.2) is 0 Å². The maximum atomic E-state index is 11.8. The van der Waals surface area contributed by atoms with Gasteiger partial charge in [-0.25, -0.2) is 0 Å². The lowest BCUT2D eigenvalue weighted by molar-refractivity contribution is -0.122. The van der Waals surface area contributed by atoms with E-state index in [1.54, 1.807) is 0 Å². The summed E-state index contributed by atoms with van der Waals surface area (Å²) < 4.78 is 5.63. The van der Waals surface area contributed by atoms with Gasteiger partial charge in [0.05, 0.1) is 6.10 Å². The van der Waals surface area contributed by atoms with E-state index in [4.69, 9.17) is 10.5 Å². The van der Waals surface area contributed by atoms with Crippen LogP contribution < -0.4 is 11.1 Å². The Hall–Kier alpha value is -0.610. The molecule has 4 nitrogen and oxygen atoms in total. The van der Waals surface area contributed by atoms with Gasteiger partial charge in [0.2, 0.25) is 5.91 Å². The Morgan fingerprint density at radius 2 is 2.22 bits per heavy atom. The van der Waals surface area contributed by atoms with Crippen LogP contribution in [0.3, 0.4) is 0 Å². The molecular weight excluding hydrogens is 228 g/mol. The van der Waals surface area contributed by atoms with Gasteiger partial charge in [0.15, 0.2) is 0 Å². The normalized spacial score (nSPS) is 25.7. The van der Waals surface area contributed by atoms with Crippen molar-refractivity contribution in [2.45, 2.75) is 57.5 Å². The summed E-state index contributed by atoms with van der Waals surface area (Å²) in [5, 5.41) is 3.06. The number of nitrogens with one attached hydrogen (secondary N) is 1. The molecule has 104 valence electrons. The second-order valence-electron chi connectivity index (χ2n) is 5.84. The molecule has 2 rings (SSSR count). The molecule has 1 saturated carbocycles. The Balaban J connectivity index is 1.57. The van der Waals surface area contributed by atoms with Gasteiger partial charge in [-0.2, -0.15) is 0 Å². The van der Waals surface area contributed by atoms with Crippen molar-refractivity contribution >= 4 is 5.91 Å². The van der Waals surface area contributed by atoms with Crippen LogP contribution in [0.5, 0.6) is 0 Å². The summed E-state index contributed by atoms with van der Waals surface area (Å²) in [5.74, 6) is 0.174. The number of amides is 1. The van der Waals surface area contributed by atoms with Crippen LogP contribution in [-0.4, -0.2) is 31.7 Å². The average molecular weight is 254 g/mol. The van der Waals surface area contributed by atoms with Gasteiger partial charge in [-0.15, -0.1) is 0 Å². The molecule has 1 unspecified atom stereocenters. The number of carbonyl (C=O) groups excluding carboxylic acids is 1. The topological polar surface area (TPSA) is 64.3 Å². The predicted octanol–water partition coefficient (Wildman–Crippen LogP) is 1.58. The fourth-order valence-corrected chi connectivity index (χ4v) is 2.70. The molecule has 1 atom stereocenters. The summed E-state index contributed by atoms with van der Waals surface area (Å²) in [5.41, 5.74) is 5.93. The van der Waals surface area contributed by atoms with Crippen molar-refractivity contribution < 1.29 is 9.53 Å². The number of ether oxygens (including phenoxy) is 1. The molecular formula is C14H26N2O2. The number of rotatable bonds is 7. The fraction of sp³-hybridized carbons (Fsp3) is 0.929. The number of hydrogen-bond acceptors (Lipinski definition) is 3. The third-order valence-corrected chi connectivity index (χ3v) is 4.26. The van der Waals surface area contributed by atoms with Crippen molar-refractivity contribution in [2.75, 3.05) is 19.7 Å². The maximum absolute atomic E-state index is 11.8. The molecule has 18 heavy (non-hydrogen) atoms. The molecule has 2 aliphatic rings. The second-order valence-corrected chi connectivity index (χ2v) is 5.84. The van der Waals surface area contributed by atoms with Gasteiger partial charge in [0, 0.05) is 19.6 Å². The zero-order valence-corrected chi connectivity index (χ0v) is 11.2. The summed E-state index contributed by atoms with van der Waals surface area (Å²) in [4.78, 5) is 11.8. The lowest BCUT2D eigenvalue weighted by atomic mass is 10.0. The van der Waals surface area contributed by atoms with Crippen LogP contribution in [0.4, 0.5) is 0 Å². The van der Waals surface area contributed by atoms with Gasteiger partial charge in [0.1, 0.15) is 0 Å². The van der Waals surface area contributed by atoms with Crippen LogP contribution in [-0.2, 0) is 9.53 Å². The first-order valence-electron chi connectivity index (χ1n) is 7.32. The van der Waals surface area contributed by atoms with Gasteiger partial charge >= 0.3 is 0 Å². The van der Waals surface area contributed by atoms with E-state index in [1.165, 1.54) is 25.7 Å². The van der Waals surface area contributed by atoms with Crippen molar-refractivity contribution in [3.05, 3.63) is 0 Å². The molecule has 1 aliphatic carbocycles. The van der Waals surface area contributed by atoms with Gasteiger partial charge < -0.3 is 15.8 Å². The van der Waals surface area contributed by atoms with Crippen LogP contribution >= 0.6 is 0 Å². The largest absolute Gasteiger partial charge is 0.378 e. The van der Waals surface area contributed by atoms with Gasteiger partial charge in [-0.3, -0.25) is 4.79 Å². The molecule has 1 saturated heterocycles. The van der Waals surface area contributed by atoms with Crippen molar-refractivity contribution in [3.63, 3.8) is 0 Å². The number of carbonyl (C=O) groups is 1.